The van der Waals surface area contributed by atoms with Crippen molar-refractivity contribution in [2.45, 2.75) is 37.9 Å². The number of nitrogens with one attached hydrogen (secondary N) is 1. The van der Waals surface area contributed by atoms with Gasteiger partial charge in [0.25, 0.3) is 5.91 Å². The van der Waals surface area contributed by atoms with E-state index in [1.807, 2.05) is 18.2 Å². The molecule has 2 aromatic carbocycles. The molecule has 26 heavy (non-hydrogen) atoms. The minimum absolute atomic E-state index is 0.0697. The number of benzene rings is 2. The quantitative estimate of drug-likeness (QED) is 0.919. The highest BCUT2D eigenvalue weighted by Crippen LogP contribution is 2.43. The molecule has 134 valence electrons. The van der Waals surface area contributed by atoms with Gasteiger partial charge >= 0.3 is 0 Å². The molecular formula is C21H21FN2O2. The third-order valence-electron chi connectivity index (χ3n) is 5.49. The molecule has 3 unspecified atom stereocenters. The maximum Gasteiger partial charge on any atom is 0.254 e. The second kappa shape index (κ2) is 6.90. The Labute approximate surface area is 152 Å². The number of hydrogen-bond acceptors (Lipinski definition) is 2. The van der Waals surface area contributed by atoms with Gasteiger partial charge in [0, 0.05) is 18.2 Å². The maximum atomic E-state index is 13.0. The van der Waals surface area contributed by atoms with Gasteiger partial charge in [-0.05, 0) is 55.0 Å². The van der Waals surface area contributed by atoms with Gasteiger partial charge in [-0.3, -0.25) is 9.59 Å². The van der Waals surface area contributed by atoms with Crippen LogP contribution in [0.4, 0.5) is 4.39 Å². The van der Waals surface area contributed by atoms with Crippen molar-refractivity contribution in [3.8, 4) is 0 Å². The van der Waals surface area contributed by atoms with E-state index < -0.39 is 6.04 Å². The summed E-state index contributed by atoms with van der Waals surface area (Å²) in [4.78, 5) is 27.6. The summed E-state index contributed by atoms with van der Waals surface area (Å²) in [5, 5.41) is 2.93. The molecule has 1 saturated carbocycles. The third kappa shape index (κ3) is 3.09. The first-order valence-corrected chi connectivity index (χ1v) is 9.03. The predicted octanol–water partition coefficient (Wildman–Crippen LogP) is 3.14. The highest BCUT2D eigenvalue weighted by Gasteiger charge is 2.51. The standard InChI is InChI=1S/C21H21FN2O2/c22-17-9-6-14(7-10-17)13-23-20(25)19-16-8-11-18(12-16)24(19)21(26)15-4-2-1-3-5-15/h1-7,9-10,16,18-19H,8,11-13H2,(H,23,25). The lowest BCUT2D eigenvalue weighted by Gasteiger charge is -2.34. The lowest BCUT2D eigenvalue weighted by atomic mass is 9.97. The zero-order valence-electron chi connectivity index (χ0n) is 14.4. The molecule has 0 aromatic heterocycles. The molecular weight excluding hydrogens is 331 g/mol. The van der Waals surface area contributed by atoms with Crippen molar-refractivity contribution in [3.05, 3.63) is 71.5 Å². The van der Waals surface area contributed by atoms with E-state index in [0.717, 1.165) is 24.8 Å². The van der Waals surface area contributed by atoms with Crippen LogP contribution in [-0.4, -0.2) is 28.8 Å². The monoisotopic (exact) mass is 352 g/mol. The minimum atomic E-state index is -0.415. The van der Waals surface area contributed by atoms with Crippen molar-refractivity contribution in [2.75, 3.05) is 0 Å². The second-order valence-corrected chi connectivity index (χ2v) is 7.09. The van der Waals surface area contributed by atoms with Crippen molar-refractivity contribution in [1.29, 1.82) is 0 Å². The summed E-state index contributed by atoms with van der Waals surface area (Å²) < 4.78 is 13.0. The van der Waals surface area contributed by atoms with Crippen LogP contribution in [0.5, 0.6) is 0 Å². The number of piperidine rings is 1. The van der Waals surface area contributed by atoms with Gasteiger partial charge in [0.1, 0.15) is 11.9 Å². The lowest BCUT2D eigenvalue weighted by Crippen LogP contribution is -2.52. The van der Waals surface area contributed by atoms with Gasteiger partial charge < -0.3 is 10.2 Å². The molecule has 1 N–H and O–H groups in total. The van der Waals surface area contributed by atoms with E-state index in [1.54, 1.807) is 29.2 Å². The average molecular weight is 352 g/mol. The number of carbonyl (C=O) groups excluding carboxylic acids is 2. The Hall–Kier alpha value is -2.69. The van der Waals surface area contributed by atoms with Crippen LogP contribution in [0.25, 0.3) is 0 Å². The Balaban J connectivity index is 1.49. The summed E-state index contributed by atoms with van der Waals surface area (Å²) in [5.41, 5.74) is 1.46. The minimum Gasteiger partial charge on any atom is -0.350 e. The zero-order valence-corrected chi connectivity index (χ0v) is 14.4. The van der Waals surface area contributed by atoms with Crippen molar-refractivity contribution >= 4 is 11.8 Å². The van der Waals surface area contributed by atoms with Crippen LogP contribution >= 0.6 is 0 Å². The molecule has 2 bridgehead atoms. The van der Waals surface area contributed by atoms with Gasteiger partial charge in [-0.15, -0.1) is 0 Å². The van der Waals surface area contributed by atoms with E-state index in [-0.39, 0.29) is 29.6 Å². The molecule has 3 atom stereocenters. The molecule has 0 spiro atoms. The van der Waals surface area contributed by atoms with Gasteiger partial charge in [0.05, 0.1) is 0 Å². The van der Waals surface area contributed by atoms with E-state index >= 15 is 0 Å². The molecule has 4 rings (SSSR count). The van der Waals surface area contributed by atoms with Gasteiger partial charge in [-0.25, -0.2) is 4.39 Å². The molecule has 0 radical (unpaired) electrons. The Morgan fingerprint density at radius 2 is 1.77 bits per heavy atom. The smallest absolute Gasteiger partial charge is 0.254 e. The molecule has 4 nitrogen and oxygen atoms in total. The van der Waals surface area contributed by atoms with Crippen LogP contribution < -0.4 is 5.32 Å². The van der Waals surface area contributed by atoms with E-state index in [2.05, 4.69) is 5.32 Å². The van der Waals surface area contributed by atoms with Crippen molar-refractivity contribution in [3.63, 3.8) is 0 Å². The first-order valence-electron chi connectivity index (χ1n) is 9.03. The summed E-state index contributed by atoms with van der Waals surface area (Å²) in [5.74, 6) is -0.265. The van der Waals surface area contributed by atoms with Crippen molar-refractivity contribution < 1.29 is 14.0 Å². The number of halogens is 1. The van der Waals surface area contributed by atoms with Gasteiger partial charge in [-0.2, -0.15) is 0 Å². The molecule has 1 heterocycles. The molecule has 2 aromatic rings. The molecule has 1 aliphatic carbocycles. The van der Waals surface area contributed by atoms with E-state index in [0.29, 0.717) is 12.1 Å². The van der Waals surface area contributed by atoms with Gasteiger partial charge in [0.2, 0.25) is 5.91 Å². The molecule has 2 amide bonds. The fourth-order valence-electron chi connectivity index (χ4n) is 4.24. The molecule has 2 aliphatic rings. The number of amides is 2. The summed E-state index contributed by atoms with van der Waals surface area (Å²) in [6, 6.07) is 14.9. The number of rotatable bonds is 4. The van der Waals surface area contributed by atoms with E-state index in [1.165, 1.54) is 12.1 Å². The molecule has 1 aliphatic heterocycles. The molecule has 2 fully saturated rings. The number of likely N-dealkylation sites (tertiary alicyclic amines) is 1. The first-order chi connectivity index (χ1) is 12.6. The second-order valence-electron chi connectivity index (χ2n) is 7.09. The van der Waals surface area contributed by atoms with Crippen LogP contribution in [0, 0.1) is 11.7 Å². The van der Waals surface area contributed by atoms with Crippen LogP contribution in [-0.2, 0) is 11.3 Å². The fraction of sp³-hybridized carbons (Fsp3) is 0.333. The van der Waals surface area contributed by atoms with Crippen molar-refractivity contribution in [2.24, 2.45) is 5.92 Å². The summed E-state index contributed by atoms with van der Waals surface area (Å²) in [7, 11) is 0. The first kappa shape index (κ1) is 16.8. The van der Waals surface area contributed by atoms with Crippen LogP contribution in [0.2, 0.25) is 0 Å². The number of fused-ring (bicyclic) bond motifs is 2. The summed E-state index contributed by atoms with van der Waals surface area (Å²) >= 11 is 0. The highest BCUT2D eigenvalue weighted by molar-refractivity contribution is 5.98. The van der Waals surface area contributed by atoms with E-state index in [4.69, 9.17) is 0 Å². The van der Waals surface area contributed by atoms with Crippen LogP contribution in [0.3, 0.4) is 0 Å². The van der Waals surface area contributed by atoms with Crippen molar-refractivity contribution in [1.82, 2.24) is 10.2 Å². The number of carbonyl (C=O) groups is 2. The zero-order chi connectivity index (χ0) is 18.1. The third-order valence-corrected chi connectivity index (χ3v) is 5.49. The van der Waals surface area contributed by atoms with Gasteiger partial charge in [-0.1, -0.05) is 30.3 Å². The molecule has 1 saturated heterocycles. The number of nitrogens with zero attached hydrogens (tertiary/aromatic N) is 1. The SMILES string of the molecule is O=C(NCc1ccc(F)cc1)C1C2CCC(C2)N1C(=O)c1ccccc1. The largest absolute Gasteiger partial charge is 0.350 e. The fourth-order valence-corrected chi connectivity index (χ4v) is 4.24. The average Bonchev–Trinajstić information content (AvgIpc) is 3.29. The number of hydrogen-bond donors (Lipinski definition) is 1. The Morgan fingerprint density at radius 3 is 2.50 bits per heavy atom. The Morgan fingerprint density at radius 1 is 1.04 bits per heavy atom. The predicted molar refractivity (Wildman–Crippen MR) is 95.8 cm³/mol. The van der Waals surface area contributed by atoms with Gasteiger partial charge in [0.15, 0.2) is 0 Å². The highest BCUT2D eigenvalue weighted by atomic mass is 19.1. The summed E-state index contributed by atoms with van der Waals surface area (Å²) in [6.07, 6.45) is 2.84. The van der Waals surface area contributed by atoms with E-state index in [9.17, 15) is 14.0 Å². The normalized spacial score (nSPS) is 23.9. The molecule has 5 heteroatoms. The lowest BCUT2D eigenvalue weighted by molar-refractivity contribution is -0.127. The van der Waals surface area contributed by atoms with Crippen LogP contribution in [0.1, 0.15) is 35.2 Å². The summed E-state index contributed by atoms with van der Waals surface area (Å²) in [6.45, 7) is 0.334. The maximum absolute atomic E-state index is 13.0. The van der Waals surface area contributed by atoms with Crippen LogP contribution in [0.15, 0.2) is 54.6 Å². The Bertz CT molecular complexity index is 807. The Kier molecular flexibility index (Phi) is 4.45. The topological polar surface area (TPSA) is 49.4 Å².